The van der Waals surface area contributed by atoms with E-state index in [9.17, 15) is 9.59 Å². The molecular weight excluding hydrogens is 240 g/mol. The fourth-order valence-electron chi connectivity index (χ4n) is 2.26. The van der Waals surface area contributed by atoms with Crippen molar-refractivity contribution in [1.82, 2.24) is 10.6 Å². The number of benzene rings is 1. The van der Waals surface area contributed by atoms with Crippen LogP contribution in [-0.4, -0.2) is 24.9 Å². The summed E-state index contributed by atoms with van der Waals surface area (Å²) in [6, 6.07) is 9.92. The first-order valence-electron chi connectivity index (χ1n) is 6.75. The molecule has 4 heteroatoms. The molecule has 1 aromatic carbocycles. The van der Waals surface area contributed by atoms with E-state index >= 15 is 0 Å². The van der Waals surface area contributed by atoms with Gasteiger partial charge in [0.05, 0.1) is 5.92 Å². The van der Waals surface area contributed by atoms with E-state index in [0.29, 0.717) is 19.0 Å². The monoisotopic (exact) mass is 260 g/mol. The average Bonchev–Trinajstić information content (AvgIpc) is 3.21. The Morgan fingerprint density at radius 1 is 1.16 bits per heavy atom. The summed E-state index contributed by atoms with van der Waals surface area (Å²) >= 11 is 0. The molecule has 2 N–H and O–H groups in total. The van der Waals surface area contributed by atoms with E-state index in [2.05, 4.69) is 10.6 Å². The molecule has 0 radical (unpaired) electrons. The Labute approximate surface area is 113 Å². The van der Waals surface area contributed by atoms with Crippen LogP contribution >= 0.6 is 0 Å². The second-order valence-electron chi connectivity index (χ2n) is 5.00. The minimum absolute atomic E-state index is 0.0430. The van der Waals surface area contributed by atoms with Crippen LogP contribution in [0.3, 0.4) is 0 Å². The van der Waals surface area contributed by atoms with Gasteiger partial charge in [-0.1, -0.05) is 30.3 Å². The number of carbonyl (C=O) groups excluding carboxylic acids is 2. The highest BCUT2D eigenvalue weighted by molar-refractivity contribution is 5.84. The highest BCUT2D eigenvalue weighted by Gasteiger charge is 2.36. The van der Waals surface area contributed by atoms with Crippen molar-refractivity contribution < 1.29 is 9.59 Å². The maximum absolute atomic E-state index is 12.2. The minimum Gasteiger partial charge on any atom is -0.355 e. The van der Waals surface area contributed by atoms with Gasteiger partial charge in [-0.25, -0.2) is 0 Å². The van der Waals surface area contributed by atoms with Gasteiger partial charge in [-0.2, -0.15) is 0 Å². The predicted octanol–water partition coefficient (Wildman–Crippen LogP) is 1.43. The summed E-state index contributed by atoms with van der Waals surface area (Å²) in [5.41, 5.74) is 1.09. The van der Waals surface area contributed by atoms with Crippen LogP contribution < -0.4 is 10.6 Å². The standard InChI is InChI=1S/C15H20N2O2/c1-11(18)16-9-10-17-15(19)14(13-7-8-13)12-5-3-2-4-6-12/h2-6,13-14H,7-10H2,1H3,(H,16,18)(H,17,19). The highest BCUT2D eigenvalue weighted by Crippen LogP contribution is 2.42. The second kappa shape index (κ2) is 6.36. The van der Waals surface area contributed by atoms with Gasteiger partial charge in [0.25, 0.3) is 0 Å². The van der Waals surface area contributed by atoms with Gasteiger partial charge in [0, 0.05) is 20.0 Å². The van der Waals surface area contributed by atoms with Crippen LogP contribution in [-0.2, 0) is 9.59 Å². The van der Waals surface area contributed by atoms with Crippen molar-refractivity contribution in [3.05, 3.63) is 35.9 Å². The van der Waals surface area contributed by atoms with Crippen LogP contribution in [0.25, 0.3) is 0 Å². The van der Waals surface area contributed by atoms with E-state index < -0.39 is 0 Å². The Morgan fingerprint density at radius 2 is 1.79 bits per heavy atom. The zero-order valence-electron chi connectivity index (χ0n) is 11.2. The number of hydrogen-bond acceptors (Lipinski definition) is 2. The third-order valence-electron chi connectivity index (χ3n) is 3.33. The second-order valence-corrected chi connectivity index (χ2v) is 5.00. The quantitative estimate of drug-likeness (QED) is 0.760. The normalized spacial score (nSPS) is 15.6. The van der Waals surface area contributed by atoms with E-state index in [1.807, 2.05) is 30.3 Å². The molecule has 1 aliphatic carbocycles. The van der Waals surface area contributed by atoms with E-state index in [4.69, 9.17) is 0 Å². The number of nitrogens with one attached hydrogen (secondary N) is 2. The maximum atomic E-state index is 12.2. The molecule has 1 aliphatic rings. The molecule has 1 unspecified atom stereocenters. The fraction of sp³-hybridized carbons (Fsp3) is 0.467. The first kappa shape index (κ1) is 13.6. The fourth-order valence-corrected chi connectivity index (χ4v) is 2.26. The smallest absolute Gasteiger partial charge is 0.227 e. The summed E-state index contributed by atoms with van der Waals surface area (Å²) in [6.07, 6.45) is 2.25. The molecule has 0 aromatic heterocycles. The summed E-state index contributed by atoms with van der Waals surface area (Å²) in [7, 11) is 0. The van der Waals surface area contributed by atoms with Crippen molar-refractivity contribution in [2.75, 3.05) is 13.1 Å². The molecule has 1 aromatic rings. The van der Waals surface area contributed by atoms with Crippen molar-refractivity contribution >= 4 is 11.8 Å². The summed E-state index contributed by atoms with van der Waals surface area (Å²) in [4.78, 5) is 23.0. The lowest BCUT2D eigenvalue weighted by molar-refractivity contribution is -0.123. The lowest BCUT2D eigenvalue weighted by atomic mass is 9.93. The largest absolute Gasteiger partial charge is 0.355 e. The van der Waals surface area contributed by atoms with Crippen LogP contribution in [0.5, 0.6) is 0 Å². The highest BCUT2D eigenvalue weighted by atomic mass is 16.2. The van der Waals surface area contributed by atoms with Crippen molar-refractivity contribution in [1.29, 1.82) is 0 Å². The summed E-state index contributed by atoms with van der Waals surface area (Å²) in [6.45, 7) is 2.43. The van der Waals surface area contributed by atoms with Gasteiger partial charge in [-0.15, -0.1) is 0 Å². The molecule has 0 spiro atoms. The Kier molecular flexibility index (Phi) is 4.55. The van der Waals surface area contributed by atoms with Crippen LogP contribution in [0.4, 0.5) is 0 Å². The average molecular weight is 260 g/mol. The molecule has 4 nitrogen and oxygen atoms in total. The molecule has 0 aliphatic heterocycles. The topological polar surface area (TPSA) is 58.2 Å². The first-order chi connectivity index (χ1) is 9.18. The Bertz CT molecular complexity index is 441. The SMILES string of the molecule is CC(=O)NCCNC(=O)C(c1ccccc1)C1CC1. The molecule has 2 rings (SSSR count). The van der Waals surface area contributed by atoms with Crippen LogP contribution in [0.2, 0.25) is 0 Å². The van der Waals surface area contributed by atoms with Crippen LogP contribution in [0.15, 0.2) is 30.3 Å². The van der Waals surface area contributed by atoms with E-state index in [0.717, 1.165) is 18.4 Å². The zero-order chi connectivity index (χ0) is 13.7. The van der Waals surface area contributed by atoms with Crippen LogP contribution in [0.1, 0.15) is 31.2 Å². The molecule has 19 heavy (non-hydrogen) atoms. The maximum Gasteiger partial charge on any atom is 0.227 e. The molecule has 0 bridgehead atoms. The summed E-state index contributed by atoms with van der Waals surface area (Å²) in [5, 5.41) is 5.58. The summed E-state index contributed by atoms with van der Waals surface area (Å²) in [5.74, 6) is 0.428. The van der Waals surface area contributed by atoms with Crippen LogP contribution in [0, 0.1) is 5.92 Å². The van der Waals surface area contributed by atoms with Crippen molar-refractivity contribution in [2.45, 2.75) is 25.7 Å². The van der Waals surface area contributed by atoms with Gasteiger partial charge in [-0.3, -0.25) is 9.59 Å². The molecular formula is C15H20N2O2. The van der Waals surface area contributed by atoms with Gasteiger partial charge in [-0.05, 0) is 24.3 Å². The Morgan fingerprint density at radius 3 is 2.37 bits per heavy atom. The number of amides is 2. The van der Waals surface area contributed by atoms with E-state index in [1.165, 1.54) is 6.92 Å². The van der Waals surface area contributed by atoms with Gasteiger partial charge in [0.1, 0.15) is 0 Å². The minimum atomic E-state index is -0.0731. The zero-order valence-corrected chi connectivity index (χ0v) is 11.2. The Balaban J connectivity index is 1.89. The number of hydrogen-bond donors (Lipinski definition) is 2. The van der Waals surface area contributed by atoms with E-state index in [-0.39, 0.29) is 17.7 Å². The first-order valence-corrected chi connectivity index (χ1v) is 6.75. The molecule has 2 amide bonds. The van der Waals surface area contributed by atoms with Crippen molar-refractivity contribution in [2.24, 2.45) is 5.92 Å². The third-order valence-corrected chi connectivity index (χ3v) is 3.33. The molecule has 102 valence electrons. The van der Waals surface area contributed by atoms with Gasteiger partial charge < -0.3 is 10.6 Å². The van der Waals surface area contributed by atoms with Gasteiger partial charge in [0.15, 0.2) is 0 Å². The molecule has 1 atom stereocenters. The van der Waals surface area contributed by atoms with Gasteiger partial charge in [0.2, 0.25) is 11.8 Å². The lowest BCUT2D eigenvalue weighted by Crippen LogP contribution is -2.36. The van der Waals surface area contributed by atoms with Gasteiger partial charge >= 0.3 is 0 Å². The molecule has 1 saturated carbocycles. The number of carbonyl (C=O) groups is 2. The predicted molar refractivity (Wildman–Crippen MR) is 73.6 cm³/mol. The molecule has 0 heterocycles. The van der Waals surface area contributed by atoms with E-state index in [1.54, 1.807) is 0 Å². The summed E-state index contributed by atoms with van der Waals surface area (Å²) < 4.78 is 0. The Hall–Kier alpha value is -1.84. The van der Waals surface area contributed by atoms with Crippen molar-refractivity contribution in [3.8, 4) is 0 Å². The number of rotatable bonds is 6. The molecule has 0 saturated heterocycles. The molecule has 1 fully saturated rings. The van der Waals surface area contributed by atoms with Crippen molar-refractivity contribution in [3.63, 3.8) is 0 Å². The third kappa shape index (κ3) is 4.09. The lowest BCUT2D eigenvalue weighted by Gasteiger charge is -2.16.